The fourth-order valence-corrected chi connectivity index (χ4v) is 2.90. The predicted molar refractivity (Wildman–Crippen MR) is 81.7 cm³/mol. The van der Waals surface area contributed by atoms with E-state index in [0.717, 1.165) is 13.1 Å². The highest BCUT2D eigenvalue weighted by Gasteiger charge is 2.17. The van der Waals surface area contributed by atoms with Crippen LogP contribution in [0.15, 0.2) is 18.2 Å². The summed E-state index contributed by atoms with van der Waals surface area (Å²) in [6, 6.07) is 5.13. The molecule has 1 heterocycles. The number of carboxylic acids is 1. The quantitative estimate of drug-likeness (QED) is 0.846. The van der Waals surface area contributed by atoms with Gasteiger partial charge in [-0.1, -0.05) is 24.6 Å². The topological polar surface area (TPSA) is 52.6 Å². The van der Waals surface area contributed by atoms with Crippen LogP contribution in [0.5, 0.6) is 0 Å². The number of carbonyl (C=O) groups is 1. The second kappa shape index (κ2) is 6.95. The normalized spacial score (nSPS) is 17.1. The molecule has 0 aromatic heterocycles. The lowest BCUT2D eigenvalue weighted by molar-refractivity contribution is 0.0698. The van der Waals surface area contributed by atoms with Gasteiger partial charge in [0.2, 0.25) is 0 Å². The van der Waals surface area contributed by atoms with E-state index < -0.39 is 5.97 Å². The van der Waals surface area contributed by atoms with Gasteiger partial charge in [-0.05, 0) is 44.0 Å². The summed E-state index contributed by atoms with van der Waals surface area (Å²) >= 11 is 5.95. The first-order valence-electron chi connectivity index (χ1n) is 7.06. The Bertz CT molecular complexity index is 473. The highest BCUT2D eigenvalue weighted by molar-refractivity contribution is 6.34. The molecule has 1 aromatic rings. The lowest BCUT2D eigenvalue weighted by atomic mass is 10.1. The van der Waals surface area contributed by atoms with Crippen molar-refractivity contribution in [3.8, 4) is 0 Å². The van der Waals surface area contributed by atoms with Gasteiger partial charge in [-0.15, -0.1) is 0 Å². The molecule has 1 aliphatic heterocycles. The highest BCUT2D eigenvalue weighted by atomic mass is 35.5. The molecule has 2 rings (SSSR count). The largest absolute Gasteiger partial charge is 0.478 e. The maximum absolute atomic E-state index is 11.2. The third kappa shape index (κ3) is 3.87. The summed E-state index contributed by atoms with van der Waals surface area (Å²) in [5, 5.41) is 12.7. The monoisotopic (exact) mass is 296 g/mol. The lowest BCUT2D eigenvalue weighted by Gasteiger charge is -2.21. The molecule has 0 aliphatic carbocycles. The van der Waals surface area contributed by atoms with Gasteiger partial charge in [0.05, 0.1) is 10.7 Å². The molecule has 1 aromatic carbocycles. The predicted octanol–water partition coefficient (Wildman–Crippen LogP) is 3.18. The molecule has 20 heavy (non-hydrogen) atoms. The van der Waals surface area contributed by atoms with Crippen LogP contribution in [0.4, 0.5) is 5.69 Å². The van der Waals surface area contributed by atoms with Crippen LogP contribution in [0.3, 0.4) is 0 Å². The average molecular weight is 297 g/mol. The van der Waals surface area contributed by atoms with Gasteiger partial charge >= 0.3 is 5.97 Å². The van der Waals surface area contributed by atoms with Gasteiger partial charge in [0, 0.05) is 13.1 Å². The van der Waals surface area contributed by atoms with Gasteiger partial charge in [0.1, 0.15) is 5.56 Å². The zero-order valence-corrected chi connectivity index (χ0v) is 12.5. The van der Waals surface area contributed by atoms with E-state index in [1.807, 2.05) is 0 Å². The van der Waals surface area contributed by atoms with Crippen molar-refractivity contribution in [1.82, 2.24) is 4.90 Å². The Labute approximate surface area is 124 Å². The van der Waals surface area contributed by atoms with E-state index in [-0.39, 0.29) is 10.6 Å². The molecule has 0 amide bonds. The third-order valence-corrected chi connectivity index (χ3v) is 3.95. The van der Waals surface area contributed by atoms with Gasteiger partial charge in [0.15, 0.2) is 0 Å². The Morgan fingerprint density at radius 2 is 2.15 bits per heavy atom. The summed E-state index contributed by atoms with van der Waals surface area (Å²) < 4.78 is 0. The van der Waals surface area contributed by atoms with E-state index in [2.05, 4.69) is 17.1 Å². The Hall–Kier alpha value is -1.26. The zero-order chi connectivity index (χ0) is 14.5. The fraction of sp³-hybridized carbons (Fsp3) is 0.533. The van der Waals surface area contributed by atoms with Crippen LogP contribution >= 0.6 is 11.6 Å². The van der Waals surface area contributed by atoms with Gasteiger partial charge in [0.25, 0.3) is 0 Å². The Kier molecular flexibility index (Phi) is 5.26. The van der Waals surface area contributed by atoms with Crippen molar-refractivity contribution < 1.29 is 9.90 Å². The molecule has 1 fully saturated rings. The number of rotatable bonds is 6. The van der Waals surface area contributed by atoms with E-state index in [9.17, 15) is 9.90 Å². The Balaban J connectivity index is 1.93. The molecule has 5 heteroatoms. The molecule has 0 spiro atoms. The number of halogens is 1. The maximum atomic E-state index is 11.2. The summed E-state index contributed by atoms with van der Waals surface area (Å²) in [7, 11) is 0. The van der Waals surface area contributed by atoms with E-state index in [0.29, 0.717) is 11.6 Å². The second-order valence-electron chi connectivity index (χ2n) is 5.46. The number of anilines is 1. The SMILES string of the molecule is CC(CNc1cccc(Cl)c1C(=O)O)CN1CCCC1. The van der Waals surface area contributed by atoms with Crippen molar-refractivity contribution in [1.29, 1.82) is 0 Å². The van der Waals surface area contributed by atoms with Crippen molar-refractivity contribution in [2.45, 2.75) is 19.8 Å². The molecule has 110 valence electrons. The Morgan fingerprint density at radius 1 is 1.45 bits per heavy atom. The summed E-state index contributed by atoms with van der Waals surface area (Å²) in [6.45, 7) is 6.34. The standard InChI is InChI=1S/C15H21ClN2O2/c1-11(10-18-7-2-3-8-18)9-17-13-6-4-5-12(16)14(13)15(19)20/h4-6,11,17H,2-3,7-10H2,1H3,(H,19,20). The van der Waals surface area contributed by atoms with Gasteiger partial charge in [-0.3, -0.25) is 0 Å². The smallest absolute Gasteiger partial charge is 0.339 e. The van der Waals surface area contributed by atoms with Gasteiger partial charge in [-0.25, -0.2) is 4.79 Å². The molecule has 1 unspecified atom stereocenters. The van der Waals surface area contributed by atoms with Crippen molar-refractivity contribution in [2.24, 2.45) is 5.92 Å². The van der Waals surface area contributed by atoms with Crippen LogP contribution in [0.25, 0.3) is 0 Å². The minimum Gasteiger partial charge on any atom is -0.478 e. The number of hydrogen-bond donors (Lipinski definition) is 2. The van der Waals surface area contributed by atoms with E-state index >= 15 is 0 Å². The van der Waals surface area contributed by atoms with Gasteiger partial charge in [-0.2, -0.15) is 0 Å². The first kappa shape index (κ1) is 15.1. The molecular weight excluding hydrogens is 276 g/mol. The first-order chi connectivity index (χ1) is 9.58. The minimum absolute atomic E-state index is 0.155. The van der Waals surface area contributed by atoms with Crippen LogP contribution in [0.1, 0.15) is 30.1 Å². The number of benzene rings is 1. The molecule has 1 aliphatic rings. The van der Waals surface area contributed by atoms with Crippen LogP contribution in [0.2, 0.25) is 5.02 Å². The van der Waals surface area contributed by atoms with Crippen molar-refractivity contribution >= 4 is 23.3 Å². The van der Waals surface area contributed by atoms with Crippen LogP contribution in [-0.4, -0.2) is 42.2 Å². The number of carboxylic acid groups (broad SMARTS) is 1. The number of nitrogens with one attached hydrogen (secondary N) is 1. The summed E-state index contributed by atoms with van der Waals surface area (Å²) in [4.78, 5) is 13.7. The van der Waals surface area contributed by atoms with Crippen molar-refractivity contribution in [3.05, 3.63) is 28.8 Å². The first-order valence-corrected chi connectivity index (χ1v) is 7.43. The lowest BCUT2D eigenvalue weighted by Crippen LogP contribution is -2.29. The third-order valence-electron chi connectivity index (χ3n) is 3.64. The average Bonchev–Trinajstić information content (AvgIpc) is 2.88. The molecule has 4 nitrogen and oxygen atoms in total. The molecular formula is C15H21ClN2O2. The molecule has 0 radical (unpaired) electrons. The summed E-state index contributed by atoms with van der Waals surface area (Å²) in [5.41, 5.74) is 0.751. The van der Waals surface area contributed by atoms with Crippen LogP contribution in [-0.2, 0) is 0 Å². The number of likely N-dealkylation sites (tertiary alicyclic amines) is 1. The summed E-state index contributed by atoms with van der Waals surface area (Å²) in [6.07, 6.45) is 2.58. The van der Waals surface area contributed by atoms with E-state index in [1.165, 1.54) is 25.9 Å². The highest BCUT2D eigenvalue weighted by Crippen LogP contribution is 2.24. The molecule has 0 bridgehead atoms. The van der Waals surface area contributed by atoms with E-state index in [4.69, 9.17) is 11.6 Å². The summed E-state index contributed by atoms with van der Waals surface area (Å²) in [5.74, 6) is -0.529. The zero-order valence-electron chi connectivity index (χ0n) is 11.7. The van der Waals surface area contributed by atoms with Crippen molar-refractivity contribution in [3.63, 3.8) is 0 Å². The number of nitrogens with zero attached hydrogens (tertiary/aromatic N) is 1. The number of hydrogen-bond acceptors (Lipinski definition) is 3. The minimum atomic E-state index is -0.995. The van der Waals surface area contributed by atoms with E-state index in [1.54, 1.807) is 18.2 Å². The number of aromatic carboxylic acids is 1. The second-order valence-corrected chi connectivity index (χ2v) is 5.87. The maximum Gasteiger partial charge on any atom is 0.339 e. The van der Waals surface area contributed by atoms with Crippen LogP contribution < -0.4 is 5.32 Å². The molecule has 2 N–H and O–H groups in total. The fourth-order valence-electron chi connectivity index (χ4n) is 2.64. The molecule has 0 saturated carbocycles. The molecule has 1 saturated heterocycles. The van der Waals surface area contributed by atoms with Crippen LogP contribution in [0, 0.1) is 5.92 Å². The Morgan fingerprint density at radius 3 is 2.80 bits per heavy atom. The van der Waals surface area contributed by atoms with Crippen molar-refractivity contribution in [2.75, 3.05) is 31.5 Å². The van der Waals surface area contributed by atoms with Gasteiger partial charge < -0.3 is 15.3 Å². The molecule has 1 atom stereocenters.